The standard InChI is InChI=1S/C25H37N3O2/c29-24(14-13-20-7-2-1-3-8-20)27-16-6-12-23(19-27)28(25(30)22-10-4-11-22)18-21-9-5-15-26-17-21/h5,9,15,17,20,22-23H,1-4,6-8,10-14,16,18-19H2. The number of amides is 2. The van der Waals surface area contributed by atoms with Crippen LogP contribution >= 0.6 is 0 Å². The zero-order valence-corrected chi connectivity index (χ0v) is 18.3. The summed E-state index contributed by atoms with van der Waals surface area (Å²) in [5, 5.41) is 0. The van der Waals surface area contributed by atoms with Gasteiger partial charge in [-0.2, -0.15) is 0 Å². The number of aromatic nitrogens is 1. The molecule has 1 atom stereocenters. The number of carbonyl (C=O) groups is 2. The molecule has 30 heavy (non-hydrogen) atoms. The van der Waals surface area contributed by atoms with Crippen molar-refractivity contribution in [2.24, 2.45) is 11.8 Å². The minimum atomic E-state index is 0.130. The fraction of sp³-hybridized carbons (Fsp3) is 0.720. The Balaban J connectivity index is 1.37. The van der Waals surface area contributed by atoms with Gasteiger partial charge in [0.05, 0.1) is 0 Å². The van der Waals surface area contributed by atoms with Gasteiger partial charge in [0.1, 0.15) is 0 Å². The molecule has 1 unspecified atom stereocenters. The molecule has 3 aliphatic rings. The largest absolute Gasteiger partial charge is 0.341 e. The summed E-state index contributed by atoms with van der Waals surface area (Å²) in [6.07, 6.45) is 17.1. The monoisotopic (exact) mass is 411 g/mol. The highest BCUT2D eigenvalue weighted by molar-refractivity contribution is 5.80. The van der Waals surface area contributed by atoms with Gasteiger partial charge in [0, 0.05) is 50.4 Å². The molecule has 0 N–H and O–H groups in total. The van der Waals surface area contributed by atoms with Crippen molar-refractivity contribution in [2.45, 2.75) is 89.6 Å². The van der Waals surface area contributed by atoms with Gasteiger partial charge in [-0.1, -0.05) is 44.6 Å². The Labute approximate surface area is 181 Å². The van der Waals surface area contributed by atoms with Gasteiger partial charge >= 0.3 is 0 Å². The first-order valence-electron chi connectivity index (χ1n) is 12.2. The molecule has 5 nitrogen and oxygen atoms in total. The molecule has 1 aliphatic heterocycles. The highest BCUT2D eigenvalue weighted by Crippen LogP contribution is 2.31. The van der Waals surface area contributed by atoms with Gasteiger partial charge in [0.15, 0.2) is 0 Å². The predicted molar refractivity (Wildman–Crippen MR) is 118 cm³/mol. The highest BCUT2D eigenvalue weighted by Gasteiger charge is 2.36. The Morgan fingerprint density at radius 1 is 1.03 bits per heavy atom. The van der Waals surface area contributed by atoms with E-state index in [1.807, 2.05) is 23.2 Å². The smallest absolute Gasteiger partial charge is 0.226 e. The predicted octanol–water partition coefficient (Wildman–Crippen LogP) is 4.56. The molecule has 0 bridgehead atoms. The Morgan fingerprint density at radius 2 is 1.87 bits per heavy atom. The van der Waals surface area contributed by atoms with Crippen molar-refractivity contribution in [3.05, 3.63) is 30.1 Å². The number of likely N-dealkylation sites (tertiary alicyclic amines) is 1. The SMILES string of the molecule is O=C(CCC1CCCCC1)N1CCCC(N(Cc2cccnc2)C(=O)C2CCC2)C1. The molecule has 0 radical (unpaired) electrons. The molecule has 5 heteroatoms. The normalized spacial score (nSPS) is 23.1. The summed E-state index contributed by atoms with van der Waals surface area (Å²) in [5.74, 6) is 1.50. The van der Waals surface area contributed by atoms with Crippen molar-refractivity contribution < 1.29 is 9.59 Å². The van der Waals surface area contributed by atoms with Crippen LogP contribution in [0.2, 0.25) is 0 Å². The molecule has 1 aromatic rings. The van der Waals surface area contributed by atoms with Crippen molar-refractivity contribution in [1.82, 2.24) is 14.8 Å². The summed E-state index contributed by atoms with van der Waals surface area (Å²) in [6.45, 7) is 2.15. The molecule has 0 spiro atoms. The maximum atomic E-state index is 13.2. The molecule has 164 valence electrons. The lowest BCUT2D eigenvalue weighted by atomic mass is 9.83. The summed E-state index contributed by atoms with van der Waals surface area (Å²) in [5.41, 5.74) is 1.07. The van der Waals surface area contributed by atoms with Crippen molar-refractivity contribution in [3.63, 3.8) is 0 Å². The van der Waals surface area contributed by atoms with Crippen LogP contribution in [-0.2, 0) is 16.1 Å². The third-order valence-corrected chi connectivity index (χ3v) is 7.49. The molecule has 4 rings (SSSR count). The molecule has 2 amide bonds. The Morgan fingerprint density at radius 3 is 2.57 bits per heavy atom. The van der Waals surface area contributed by atoms with E-state index in [0.29, 0.717) is 25.4 Å². The van der Waals surface area contributed by atoms with E-state index in [4.69, 9.17) is 0 Å². The van der Waals surface area contributed by atoms with Crippen molar-refractivity contribution >= 4 is 11.8 Å². The Kier molecular flexibility index (Phi) is 7.40. The number of rotatable bonds is 7. The van der Waals surface area contributed by atoms with E-state index in [-0.39, 0.29) is 17.9 Å². The lowest BCUT2D eigenvalue weighted by Crippen LogP contribution is -2.53. The molecule has 2 aliphatic carbocycles. The third-order valence-electron chi connectivity index (χ3n) is 7.49. The number of carbonyl (C=O) groups excluding carboxylic acids is 2. The second-order valence-electron chi connectivity index (χ2n) is 9.63. The molecule has 1 aromatic heterocycles. The van der Waals surface area contributed by atoms with Gasteiger partial charge < -0.3 is 9.80 Å². The van der Waals surface area contributed by atoms with Gasteiger partial charge in [0.2, 0.25) is 11.8 Å². The van der Waals surface area contributed by atoms with Crippen LogP contribution in [0.15, 0.2) is 24.5 Å². The third kappa shape index (κ3) is 5.41. The maximum absolute atomic E-state index is 13.2. The summed E-state index contributed by atoms with van der Waals surface area (Å²) in [6, 6.07) is 4.11. The van der Waals surface area contributed by atoms with E-state index in [2.05, 4.69) is 9.88 Å². The number of nitrogens with zero attached hydrogens (tertiary/aromatic N) is 3. The summed E-state index contributed by atoms with van der Waals surface area (Å²) in [7, 11) is 0. The number of hydrogen-bond acceptors (Lipinski definition) is 3. The average Bonchev–Trinajstić information content (AvgIpc) is 2.76. The quantitative estimate of drug-likeness (QED) is 0.661. The van der Waals surface area contributed by atoms with Crippen LogP contribution in [0, 0.1) is 11.8 Å². The number of pyridine rings is 1. The van der Waals surface area contributed by atoms with Crippen LogP contribution in [0.1, 0.15) is 82.6 Å². The van der Waals surface area contributed by atoms with Gasteiger partial charge in [-0.05, 0) is 49.7 Å². The molecule has 3 fully saturated rings. The number of piperidine rings is 1. The van der Waals surface area contributed by atoms with Crippen LogP contribution in [0.25, 0.3) is 0 Å². The first-order chi connectivity index (χ1) is 14.7. The second kappa shape index (κ2) is 10.4. The molecule has 2 saturated carbocycles. The zero-order chi connectivity index (χ0) is 20.8. The van der Waals surface area contributed by atoms with Crippen molar-refractivity contribution in [1.29, 1.82) is 0 Å². The van der Waals surface area contributed by atoms with E-state index in [1.54, 1.807) is 6.20 Å². The van der Waals surface area contributed by atoms with Crippen LogP contribution in [-0.4, -0.2) is 45.7 Å². The summed E-state index contributed by atoms with van der Waals surface area (Å²) in [4.78, 5) is 34.5. The van der Waals surface area contributed by atoms with Crippen molar-refractivity contribution in [2.75, 3.05) is 13.1 Å². The molecule has 1 saturated heterocycles. The first kappa shape index (κ1) is 21.3. The van der Waals surface area contributed by atoms with E-state index < -0.39 is 0 Å². The minimum absolute atomic E-state index is 0.130. The summed E-state index contributed by atoms with van der Waals surface area (Å²) < 4.78 is 0. The van der Waals surface area contributed by atoms with Gasteiger partial charge in [-0.15, -0.1) is 0 Å². The number of hydrogen-bond donors (Lipinski definition) is 0. The lowest BCUT2D eigenvalue weighted by Gasteiger charge is -2.42. The first-order valence-corrected chi connectivity index (χ1v) is 12.2. The van der Waals surface area contributed by atoms with Crippen LogP contribution in [0.5, 0.6) is 0 Å². The van der Waals surface area contributed by atoms with E-state index in [0.717, 1.165) is 56.6 Å². The van der Waals surface area contributed by atoms with E-state index in [1.165, 1.54) is 32.1 Å². The summed E-state index contributed by atoms with van der Waals surface area (Å²) >= 11 is 0. The molecule has 0 aromatic carbocycles. The van der Waals surface area contributed by atoms with E-state index >= 15 is 0 Å². The fourth-order valence-electron chi connectivity index (χ4n) is 5.36. The van der Waals surface area contributed by atoms with Crippen LogP contribution in [0.3, 0.4) is 0 Å². The maximum Gasteiger partial charge on any atom is 0.226 e. The molecule has 2 heterocycles. The lowest BCUT2D eigenvalue weighted by molar-refractivity contribution is -0.145. The van der Waals surface area contributed by atoms with Crippen molar-refractivity contribution in [3.8, 4) is 0 Å². The molecular weight excluding hydrogens is 374 g/mol. The second-order valence-corrected chi connectivity index (χ2v) is 9.63. The van der Waals surface area contributed by atoms with Gasteiger partial charge in [0.25, 0.3) is 0 Å². The Hall–Kier alpha value is -1.91. The average molecular weight is 412 g/mol. The Bertz CT molecular complexity index is 698. The van der Waals surface area contributed by atoms with Gasteiger partial charge in [-0.25, -0.2) is 0 Å². The topological polar surface area (TPSA) is 53.5 Å². The van der Waals surface area contributed by atoms with Gasteiger partial charge in [-0.3, -0.25) is 14.6 Å². The van der Waals surface area contributed by atoms with Crippen LogP contribution < -0.4 is 0 Å². The fourth-order valence-corrected chi connectivity index (χ4v) is 5.36. The van der Waals surface area contributed by atoms with Crippen LogP contribution in [0.4, 0.5) is 0 Å². The van der Waals surface area contributed by atoms with E-state index in [9.17, 15) is 9.59 Å². The molecular formula is C25H37N3O2. The zero-order valence-electron chi connectivity index (χ0n) is 18.3. The minimum Gasteiger partial charge on any atom is -0.341 e. The highest BCUT2D eigenvalue weighted by atomic mass is 16.2.